The Kier molecular flexibility index (Phi) is 4.54. The first-order valence-corrected chi connectivity index (χ1v) is 6.32. The minimum atomic E-state index is 0.189. The first kappa shape index (κ1) is 12.6. The molecule has 0 bridgehead atoms. The van der Waals surface area contributed by atoms with Crippen LogP contribution in [0.5, 0.6) is 0 Å². The average molecular weight is 234 g/mol. The molecule has 1 aliphatic rings. The monoisotopic (exact) mass is 234 g/mol. The lowest BCUT2D eigenvalue weighted by molar-refractivity contribution is 0.0594. The van der Waals surface area contributed by atoms with E-state index in [1.165, 1.54) is 11.1 Å². The van der Waals surface area contributed by atoms with Crippen LogP contribution >= 0.6 is 0 Å². The van der Waals surface area contributed by atoms with Crippen LogP contribution in [-0.2, 0) is 4.74 Å². The van der Waals surface area contributed by atoms with Gasteiger partial charge in [0.25, 0.3) is 0 Å². The zero-order chi connectivity index (χ0) is 12.1. The maximum Gasteiger partial charge on any atom is 0.0947 e. The van der Waals surface area contributed by atoms with Crippen LogP contribution in [0.25, 0.3) is 0 Å². The van der Waals surface area contributed by atoms with Crippen LogP contribution in [0.1, 0.15) is 17.2 Å². The fourth-order valence-electron chi connectivity index (χ4n) is 2.23. The van der Waals surface area contributed by atoms with Crippen molar-refractivity contribution in [1.29, 1.82) is 0 Å². The Morgan fingerprint density at radius 3 is 2.47 bits per heavy atom. The predicted octanol–water partition coefficient (Wildman–Crippen LogP) is 1.59. The molecule has 1 aliphatic heterocycles. The Balaban J connectivity index is 1.97. The maximum absolute atomic E-state index is 5.62. The van der Waals surface area contributed by atoms with E-state index in [-0.39, 0.29) is 6.10 Å². The standard InChI is InChI=1S/C14H22N2O/c1-12-3-5-13(6-4-12)14(17-2)11-16-9-7-15-8-10-16/h3-6,14-15H,7-11H2,1-2H3. The van der Waals surface area contributed by atoms with Gasteiger partial charge in [0.05, 0.1) is 6.10 Å². The molecular weight excluding hydrogens is 212 g/mol. The van der Waals surface area contributed by atoms with E-state index in [2.05, 4.69) is 41.4 Å². The molecule has 1 N–H and O–H groups in total. The van der Waals surface area contributed by atoms with E-state index in [1.54, 1.807) is 7.11 Å². The van der Waals surface area contributed by atoms with E-state index >= 15 is 0 Å². The molecule has 0 radical (unpaired) electrons. The zero-order valence-corrected chi connectivity index (χ0v) is 10.8. The van der Waals surface area contributed by atoms with Crippen molar-refractivity contribution in [2.75, 3.05) is 39.8 Å². The highest BCUT2D eigenvalue weighted by Gasteiger charge is 2.17. The van der Waals surface area contributed by atoms with Crippen LogP contribution in [0, 0.1) is 6.92 Å². The Hall–Kier alpha value is -0.900. The van der Waals surface area contributed by atoms with Gasteiger partial charge in [0.1, 0.15) is 0 Å². The van der Waals surface area contributed by atoms with Crippen molar-refractivity contribution < 1.29 is 4.74 Å². The van der Waals surface area contributed by atoms with Crippen molar-refractivity contribution in [3.05, 3.63) is 35.4 Å². The molecule has 1 fully saturated rings. The molecule has 1 saturated heterocycles. The van der Waals surface area contributed by atoms with Crippen LogP contribution in [0.15, 0.2) is 24.3 Å². The lowest BCUT2D eigenvalue weighted by atomic mass is 10.1. The summed E-state index contributed by atoms with van der Waals surface area (Å²) in [5.74, 6) is 0. The topological polar surface area (TPSA) is 24.5 Å². The molecule has 1 aromatic rings. The molecule has 1 unspecified atom stereocenters. The number of aryl methyl sites for hydroxylation is 1. The molecule has 17 heavy (non-hydrogen) atoms. The zero-order valence-electron chi connectivity index (χ0n) is 10.8. The Bertz CT molecular complexity index is 331. The van der Waals surface area contributed by atoms with Crippen LogP contribution in [0.2, 0.25) is 0 Å². The Labute approximate surface area is 104 Å². The summed E-state index contributed by atoms with van der Waals surface area (Å²) in [6.45, 7) is 7.51. The van der Waals surface area contributed by atoms with Crippen molar-refractivity contribution in [2.24, 2.45) is 0 Å². The molecule has 0 aromatic heterocycles. The van der Waals surface area contributed by atoms with Gasteiger partial charge in [-0.05, 0) is 12.5 Å². The number of hydrogen-bond donors (Lipinski definition) is 1. The third kappa shape index (κ3) is 3.53. The largest absolute Gasteiger partial charge is 0.375 e. The van der Waals surface area contributed by atoms with Crippen molar-refractivity contribution in [2.45, 2.75) is 13.0 Å². The molecular formula is C14H22N2O. The molecule has 1 heterocycles. The highest BCUT2D eigenvalue weighted by atomic mass is 16.5. The van der Waals surface area contributed by atoms with Crippen LogP contribution in [0.4, 0.5) is 0 Å². The molecule has 3 heteroatoms. The molecule has 94 valence electrons. The van der Waals surface area contributed by atoms with Crippen LogP contribution < -0.4 is 5.32 Å². The lowest BCUT2D eigenvalue weighted by Gasteiger charge is -2.30. The van der Waals surface area contributed by atoms with E-state index in [0.717, 1.165) is 32.7 Å². The second-order valence-corrected chi connectivity index (χ2v) is 4.69. The summed E-state index contributed by atoms with van der Waals surface area (Å²) < 4.78 is 5.62. The van der Waals surface area contributed by atoms with E-state index in [1.807, 2.05) is 0 Å². The quantitative estimate of drug-likeness (QED) is 0.856. The van der Waals surface area contributed by atoms with Gasteiger partial charge < -0.3 is 10.1 Å². The van der Waals surface area contributed by atoms with Gasteiger partial charge in [-0.1, -0.05) is 29.8 Å². The minimum Gasteiger partial charge on any atom is -0.375 e. The van der Waals surface area contributed by atoms with Gasteiger partial charge in [0.2, 0.25) is 0 Å². The number of ether oxygens (including phenoxy) is 1. The molecule has 1 aromatic carbocycles. The predicted molar refractivity (Wildman–Crippen MR) is 70.2 cm³/mol. The summed E-state index contributed by atoms with van der Waals surface area (Å²) in [4.78, 5) is 2.46. The number of piperazine rings is 1. The van der Waals surface area contributed by atoms with Gasteiger partial charge in [-0.15, -0.1) is 0 Å². The van der Waals surface area contributed by atoms with E-state index in [0.29, 0.717) is 0 Å². The number of rotatable bonds is 4. The first-order chi connectivity index (χ1) is 8.29. The highest BCUT2D eigenvalue weighted by molar-refractivity contribution is 5.23. The van der Waals surface area contributed by atoms with Gasteiger partial charge in [0.15, 0.2) is 0 Å². The second-order valence-electron chi connectivity index (χ2n) is 4.69. The summed E-state index contributed by atoms with van der Waals surface area (Å²) in [6, 6.07) is 8.65. The second kappa shape index (κ2) is 6.15. The number of hydrogen-bond acceptors (Lipinski definition) is 3. The van der Waals surface area contributed by atoms with E-state index in [4.69, 9.17) is 4.74 Å². The van der Waals surface area contributed by atoms with Gasteiger partial charge in [0, 0.05) is 39.8 Å². The van der Waals surface area contributed by atoms with Gasteiger partial charge >= 0.3 is 0 Å². The molecule has 1 atom stereocenters. The van der Waals surface area contributed by atoms with Gasteiger partial charge in [-0.2, -0.15) is 0 Å². The van der Waals surface area contributed by atoms with Crippen LogP contribution in [-0.4, -0.2) is 44.7 Å². The smallest absolute Gasteiger partial charge is 0.0947 e. The summed E-state index contributed by atoms with van der Waals surface area (Å²) in [5.41, 5.74) is 2.57. The molecule has 0 spiro atoms. The van der Waals surface area contributed by atoms with Crippen molar-refractivity contribution >= 4 is 0 Å². The third-order valence-electron chi connectivity index (χ3n) is 3.37. The SMILES string of the molecule is COC(CN1CCNCC1)c1ccc(C)cc1. The van der Waals surface area contributed by atoms with Crippen LogP contribution in [0.3, 0.4) is 0 Å². The van der Waals surface area contributed by atoms with E-state index in [9.17, 15) is 0 Å². The number of methoxy groups -OCH3 is 1. The van der Waals surface area contributed by atoms with E-state index < -0.39 is 0 Å². The maximum atomic E-state index is 5.62. The number of benzene rings is 1. The number of nitrogens with zero attached hydrogens (tertiary/aromatic N) is 1. The summed E-state index contributed by atoms with van der Waals surface area (Å²) in [5, 5.41) is 3.37. The molecule has 0 saturated carbocycles. The van der Waals surface area contributed by atoms with Crippen molar-refractivity contribution in [3.8, 4) is 0 Å². The van der Waals surface area contributed by atoms with Crippen molar-refractivity contribution in [3.63, 3.8) is 0 Å². The highest BCUT2D eigenvalue weighted by Crippen LogP contribution is 2.18. The first-order valence-electron chi connectivity index (χ1n) is 6.32. The summed E-state index contributed by atoms with van der Waals surface area (Å²) in [7, 11) is 1.80. The Morgan fingerprint density at radius 2 is 1.88 bits per heavy atom. The number of nitrogens with one attached hydrogen (secondary N) is 1. The third-order valence-corrected chi connectivity index (χ3v) is 3.37. The van der Waals surface area contributed by atoms with Gasteiger partial charge in [-0.3, -0.25) is 4.90 Å². The van der Waals surface area contributed by atoms with Gasteiger partial charge in [-0.25, -0.2) is 0 Å². The molecule has 0 aliphatic carbocycles. The minimum absolute atomic E-state index is 0.189. The molecule has 2 rings (SSSR count). The molecule has 3 nitrogen and oxygen atoms in total. The summed E-state index contributed by atoms with van der Waals surface area (Å²) >= 11 is 0. The normalized spacial score (nSPS) is 19.2. The fourth-order valence-corrected chi connectivity index (χ4v) is 2.23. The molecule has 0 amide bonds. The summed E-state index contributed by atoms with van der Waals surface area (Å²) in [6.07, 6.45) is 0.189. The Morgan fingerprint density at radius 1 is 1.24 bits per heavy atom. The van der Waals surface area contributed by atoms with Crippen molar-refractivity contribution in [1.82, 2.24) is 10.2 Å². The fraction of sp³-hybridized carbons (Fsp3) is 0.571. The average Bonchev–Trinajstić information content (AvgIpc) is 2.38. The lowest BCUT2D eigenvalue weighted by Crippen LogP contribution is -2.45.